The molecule has 3 aromatic rings. The van der Waals surface area contributed by atoms with Crippen molar-refractivity contribution in [3.8, 4) is 11.3 Å². The van der Waals surface area contributed by atoms with Gasteiger partial charge in [-0.25, -0.2) is 17.9 Å². The molecule has 5 rings (SSSR count). The third-order valence-electron chi connectivity index (χ3n) is 8.18. The molecule has 0 radical (unpaired) electrons. The Morgan fingerprint density at radius 1 is 1.16 bits per heavy atom. The van der Waals surface area contributed by atoms with Crippen LogP contribution in [0.1, 0.15) is 37.8 Å². The van der Waals surface area contributed by atoms with Crippen LogP contribution >= 0.6 is 11.6 Å². The van der Waals surface area contributed by atoms with Crippen molar-refractivity contribution in [1.29, 1.82) is 0 Å². The van der Waals surface area contributed by atoms with Crippen molar-refractivity contribution in [3.63, 3.8) is 0 Å². The Kier molecular flexibility index (Phi) is 10.2. The molecule has 2 fully saturated rings. The minimum absolute atomic E-state index is 0.0342. The molecule has 2 aliphatic rings. The Balaban J connectivity index is 1.44. The lowest BCUT2D eigenvalue weighted by Gasteiger charge is -2.45. The average molecular weight is 624 g/mol. The summed E-state index contributed by atoms with van der Waals surface area (Å²) in [6, 6.07) is 7.73. The fourth-order valence-corrected chi connectivity index (χ4v) is 5.90. The van der Waals surface area contributed by atoms with Gasteiger partial charge in [0.1, 0.15) is 24.0 Å². The van der Waals surface area contributed by atoms with Crippen molar-refractivity contribution in [3.05, 3.63) is 70.6 Å². The first-order chi connectivity index (χ1) is 20.7. The zero-order valence-corrected chi connectivity index (χ0v) is 24.2. The van der Waals surface area contributed by atoms with Crippen molar-refractivity contribution in [2.75, 3.05) is 19.8 Å². The number of halogens is 4. The molecule has 0 bridgehead atoms. The van der Waals surface area contributed by atoms with Crippen molar-refractivity contribution in [2.45, 2.75) is 63.3 Å². The lowest BCUT2D eigenvalue weighted by atomic mass is 9.81. The molecule has 9 nitrogen and oxygen atoms in total. The van der Waals surface area contributed by atoms with Crippen LogP contribution in [0.3, 0.4) is 0 Å². The largest absolute Gasteiger partial charge is 0.394 e. The standard InChI is InChI=1S/C30H33ClF3N3O6/c1-16-27(37-13-23(35-36-37)19-11-21(32)26(34)22(33)12-19)28(40)25(14-38)43-29(16)30(24(39)10-17-6-8-41-9-7-17)42-15-18-2-4-20(31)5-3-18/h2-5,11-13,16-17,25,27-30,38,40H,6-10,14-15H2,1H3/t16?,25?,27-,28+,29-,30-/m1/s1. The Hall–Kier alpha value is -2.87. The summed E-state index contributed by atoms with van der Waals surface area (Å²) < 4.78 is 60.4. The molecule has 0 saturated carbocycles. The fourth-order valence-electron chi connectivity index (χ4n) is 5.77. The van der Waals surface area contributed by atoms with Crippen LogP contribution in [0.25, 0.3) is 11.3 Å². The molecule has 0 spiro atoms. The Morgan fingerprint density at radius 2 is 1.84 bits per heavy atom. The smallest absolute Gasteiger partial charge is 0.194 e. The number of ether oxygens (including phenoxy) is 3. The minimum Gasteiger partial charge on any atom is -0.394 e. The Bertz CT molecular complexity index is 1380. The van der Waals surface area contributed by atoms with E-state index < -0.39 is 60.4 Å². The van der Waals surface area contributed by atoms with E-state index in [4.69, 9.17) is 25.8 Å². The van der Waals surface area contributed by atoms with Crippen LogP contribution in [0, 0.1) is 29.3 Å². The number of rotatable bonds is 10. The fraction of sp³-hybridized carbons (Fsp3) is 0.500. The number of aromatic nitrogens is 3. The van der Waals surface area contributed by atoms with Gasteiger partial charge in [-0.3, -0.25) is 4.79 Å². The Morgan fingerprint density at radius 3 is 2.49 bits per heavy atom. The number of ketones is 1. The van der Waals surface area contributed by atoms with Crippen molar-refractivity contribution in [1.82, 2.24) is 15.0 Å². The number of carbonyl (C=O) groups excluding carboxylic acids is 1. The molecular weight excluding hydrogens is 591 g/mol. The van der Waals surface area contributed by atoms with E-state index in [9.17, 15) is 28.2 Å². The SMILES string of the molecule is CC1[C@H]([C@H](OCc2ccc(Cl)cc2)C(=O)CC2CCOCC2)OC(CO)[C@H](O)[C@@H]1n1cc(-c2cc(F)c(F)c(F)c2)nn1. The van der Waals surface area contributed by atoms with Gasteiger partial charge < -0.3 is 24.4 Å². The highest BCUT2D eigenvalue weighted by molar-refractivity contribution is 6.30. The second-order valence-electron chi connectivity index (χ2n) is 11.1. The molecule has 0 aliphatic carbocycles. The van der Waals surface area contributed by atoms with E-state index in [0.717, 1.165) is 30.5 Å². The molecule has 6 atom stereocenters. The summed E-state index contributed by atoms with van der Waals surface area (Å²) in [5.41, 5.74) is 0.765. The van der Waals surface area contributed by atoms with Gasteiger partial charge in [-0.2, -0.15) is 0 Å². The van der Waals surface area contributed by atoms with Gasteiger partial charge in [-0.1, -0.05) is 35.9 Å². The quantitative estimate of drug-likeness (QED) is 0.322. The van der Waals surface area contributed by atoms with Gasteiger partial charge in [0.2, 0.25) is 0 Å². The zero-order chi connectivity index (χ0) is 30.7. The van der Waals surface area contributed by atoms with E-state index in [1.54, 1.807) is 31.2 Å². The van der Waals surface area contributed by atoms with Crippen LogP contribution in [0.4, 0.5) is 13.2 Å². The molecule has 2 aliphatic heterocycles. The van der Waals surface area contributed by atoms with E-state index in [1.165, 1.54) is 10.9 Å². The number of nitrogens with zero attached hydrogens (tertiary/aromatic N) is 3. The van der Waals surface area contributed by atoms with E-state index in [2.05, 4.69) is 10.3 Å². The highest BCUT2D eigenvalue weighted by Gasteiger charge is 2.49. The molecular formula is C30H33ClF3N3O6. The zero-order valence-electron chi connectivity index (χ0n) is 23.4. The first-order valence-electron chi connectivity index (χ1n) is 14.1. The summed E-state index contributed by atoms with van der Waals surface area (Å²) >= 11 is 6.02. The summed E-state index contributed by atoms with van der Waals surface area (Å²) in [6.07, 6.45) is -1.26. The van der Waals surface area contributed by atoms with Gasteiger partial charge in [0, 0.05) is 36.1 Å². The molecule has 2 aromatic carbocycles. The van der Waals surface area contributed by atoms with Crippen LogP contribution in [0.5, 0.6) is 0 Å². The highest BCUT2D eigenvalue weighted by atomic mass is 35.5. The summed E-state index contributed by atoms with van der Waals surface area (Å²) in [5.74, 6) is -5.04. The van der Waals surface area contributed by atoms with Gasteiger partial charge in [0.05, 0.1) is 31.6 Å². The van der Waals surface area contributed by atoms with Crippen LogP contribution in [-0.4, -0.2) is 75.2 Å². The third-order valence-corrected chi connectivity index (χ3v) is 8.44. The maximum Gasteiger partial charge on any atom is 0.194 e. The maximum absolute atomic E-state index is 13.9. The van der Waals surface area contributed by atoms with Crippen molar-refractivity contribution < 1.29 is 42.4 Å². The number of benzene rings is 2. The van der Waals surface area contributed by atoms with E-state index in [1.807, 2.05) is 0 Å². The summed E-state index contributed by atoms with van der Waals surface area (Å²) in [5, 5.41) is 29.9. The number of Topliss-reactive ketones (excluding diaryl/α,β-unsaturated/α-hetero) is 1. The first-order valence-corrected chi connectivity index (χ1v) is 14.5. The highest BCUT2D eigenvalue weighted by Crippen LogP contribution is 2.38. The molecule has 43 heavy (non-hydrogen) atoms. The molecule has 1 aromatic heterocycles. The molecule has 13 heteroatoms. The monoisotopic (exact) mass is 623 g/mol. The number of hydrogen-bond donors (Lipinski definition) is 2. The molecule has 3 heterocycles. The molecule has 2 N–H and O–H groups in total. The minimum atomic E-state index is -1.60. The van der Waals surface area contributed by atoms with E-state index in [-0.39, 0.29) is 36.0 Å². The summed E-state index contributed by atoms with van der Waals surface area (Å²) in [6.45, 7) is 2.42. The van der Waals surface area contributed by atoms with Gasteiger partial charge >= 0.3 is 0 Å². The Labute approximate surface area is 251 Å². The topological polar surface area (TPSA) is 116 Å². The number of hydrogen-bond acceptors (Lipinski definition) is 8. The molecule has 0 amide bonds. The predicted molar refractivity (Wildman–Crippen MR) is 148 cm³/mol. The van der Waals surface area contributed by atoms with Crippen molar-refractivity contribution in [2.24, 2.45) is 11.8 Å². The number of aliphatic hydroxyl groups is 2. The lowest BCUT2D eigenvalue weighted by Crippen LogP contribution is -2.57. The van der Waals surface area contributed by atoms with E-state index in [0.29, 0.717) is 18.2 Å². The number of aliphatic hydroxyl groups excluding tert-OH is 2. The maximum atomic E-state index is 13.9. The van der Waals surface area contributed by atoms with Crippen LogP contribution < -0.4 is 0 Å². The predicted octanol–water partition coefficient (Wildman–Crippen LogP) is 4.28. The van der Waals surface area contributed by atoms with Crippen LogP contribution in [0.15, 0.2) is 42.6 Å². The summed E-state index contributed by atoms with van der Waals surface area (Å²) in [7, 11) is 0. The average Bonchev–Trinajstić information content (AvgIpc) is 3.48. The van der Waals surface area contributed by atoms with Gasteiger partial charge in [-0.15, -0.1) is 5.10 Å². The summed E-state index contributed by atoms with van der Waals surface area (Å²) in [4.78, 5) is 13.8. The van der Waals surface area contributed by atoms with Gasteiger partial charge in [0.15, 0.2) is 23.2 Å². The molecule has 2 saturated heterocycles. The third kappa shape index (κ3) is 7.11. The van der Waals surface area contributed by atoms with Gasteiger partial charge in [0.25, 0.3) is 0 Å². The normalized spacial score (nSPS) is 25.5. The second kappa shape index (κ2) is 13.8. The van der Waals surface area contributed by atoms with E-state index >= 15 is 0 Å². The second-order valence-corrected chi connectivity index (χ2v) is 11.5. The lowest BCUT2D eigenvalue weighted by molar-refractivity contribution is -0.215. The first kappa shape index (κ1) is 31.6. The van der Waals surface area contributed by atoms with Crippen LogP contribution in [0.2, 0.25) is 5.02 Å². The number of carbonyl (C=O) groups is 1. The molecule has 232 valence electrons. The van der Waals surface area contributed by atoms with Crippen LogP contribution in [-0.2, 0) is 25.6 Å². The molecule has 2 unspecified atom stereocenters. The van der Waals surface area contributed by atoms with Gasteiger partial charge in [-0.05, 0) is 48.6 Å². The van der Waals surface area contributed by atoms with Crippen molar-refractivity contribution >= 4 is 17.4 Å².